The number of nitrogens with one attached hydrogen (secondary N) is 1. The minimum Gasteiger partial charge on any atom is -0.370 e. The van der Waals surface area contributed by atoms with Crippen LogP contribution in [0.2, 0.25) is 0 Å². The Morgan fingerprint density at radius 2 is 2.18 bits per heavy atom. The lowest BCUT2D eigenvalue weighted by Gasteiger charge is -2.16. The number of alkyl halides is 3. The van der Waals surface area contributed by atoms with Gasteiger partial charge in [-0.25, -0.2) is 4.98 Å². The summed E-state index contributed by atoms with van der Waals surface area (Å²) in [6, 6.07) is 2.15. The number of hydrogen-bond donors (Lipinski definition) is 1. The molecule has 1 unspecified atom stereocenters. The molecule has 0 saturated carbocycles. The number of hydrogen-bond acceptors (Lipinski definition) is 5. The van der Waals surface area contributed by atoms with Crippen molar-refractivity contribution in [2.24, 2.45) is 0 Å². The number of nitrogens with zero attached hydrogens (tertiary/aromatic N) is 2. The second-order valence-corrected chi connectivity index (χ2v) is 5.39. The van der Waals surface area contributed by atoms with Gasteiger partial charge in [0.25, 0.3) is 5.69 Å². The Bertz CT molecular complexity index is 659. The van der Waals surface area contributed by atoms with Crippen LogP contribution in [0.25, 0.3) is 0 Å². The highest BCUT2D eigenvalue weighted by Crippen LogP contribution is 2.36. The van der Waals surface area contributed by atoms with Crippen molar-refractivity contribution in [2.75, 3.05) is 5.32 Å². The molecule has 0 radical (unpaired) electrons. The molecule has 0 aliphatic rings. The summed E-state index contributed by atoms with van der Waals surface area (Å²) in [4.78, 5) is 14.3. The molecule has 9 heteroatoms. The molecule has 0 saturated heterocycles. The highest BCUT2D eigenvalue weighted by atomic mass is 32.1. The fraction of sp³-hybridized carbons (Fsp3) is 0.308. The van der Waals surface area contributed by atoms with Crippen LogP contribution < -0.4 is 5.32 Å². The maximum absolute atomic E-state index is 12.7. The van der Waals surface area contributed by atoms with E-state index in [0.29, 0.717) is 12.5 Å². The molecule has 2 rings (SSSR count). The van der Waals surface area contributed by atoms with Crippen molar-refractivity contribution in [3.63, 3.8) is 0 Å². The van der Waals surface area contributed by atoms with Crippen molar-refractivity contribution in [1.29, 1.82) is 0 Å². The second kappa shape index (κ2) is 6.30. The van der Waals surface area contributed by atoms with Crippen LogP contribution in [0.4, 0.5) is 24.5 Å². The van der Waals surface area contributed by atoms with Crippen molar-refractivity contribution in [3.8, 4) is 0 Å². The predicted molar refractivity (Wildman–Crippen MR) is 76.9 cm³/mol. The fourth-order valence-corrected chi connectivity index (χ4v) is 2.69. The quantitative estimate of drug-likeness (QED) is 0.640. The molecule has 1 aromatic carbocycles. The number of nitro benzene ring substituents is 1. The molecule has 118 valence electrons. The molecule has 1 atom stereocenters. The van der Waals surface area contributed by atoms with Gasteiger partial charge in [-0.05, 0) is 18.6 Å². The molecule has 5 nitrogen and oxygen atoms in total. The minimum atomic E-state index is -4.62. The van der Waals surface area contributed by atoms with Crippen LogP contribution >= 0.6 is 11.3 Å². The molecule has 0 aliphatic carbocycles. The number of halogens is 3. The zero-order valence-electron chi connectivity index (χ0n) is 11.4. The van der Waals surface area contributed by atoms with Crippen LogP contribution in [0, 0.1) is 10.1 Å². The Kier molecular flexibility index (Phi) is 4.65. The Hall–Kier alpha value is -2.16. The van der Waals surface area contributed by atoms with Gasteiger partial charge < -0.3 is 5.32 Å². The van der Waals surface area contributed by atoms with Crippen molar-refractivity contribution in [1.82, 2.24) is 4.98 Å². The van der Waals surface area contributed by atoms with Crippen molar-refractivity contribution in [2.45, 2.75) is 25.6 Å². The van der Waals surface area contributed by atoms with E-state index in [1.54, 1.807) is 11.6 Å². The Morgan fingerprint density at radius 1 is 1.45 bits per heavy atom. The van der Waals surface area contributed by atoms with Gasteiger partial charge in [0, 0.05) is 17.6 Å². The fourth-order valence-electron chi connectivity index (χ4n) is 1.91. The first kappa shape index (κ1) is 16.2. The second-order valence-electron chi connectivity index (χ2n) is 4.46. The summed E-state index contributed by atoms with van der Waals surface area (Å²) in [5.41, 5.74) is -1.61. The lowest BCUT2D eigenvalue weighted by Crippen LogP contribution is -2.12. The molecule has 1 aromatic heterocycles. The third kappa shape index (κ3) is 3.53. The van der Waals surface area contributed by atoms with E-state index in [2.05, 4.69) is 10.3 Å². The zero-order valence-corrected chi connectivity index (χ0v) is 12.2. The van der Waals surface area contributed by atoms with Gasteiger partial charge >= 0.3 is 6.18 Å². The van der Waals surface area contributed by atoms with Crippen LogP contribution in [0.3, 0.4) is 0 Å². The third-order valence-electron chi connectivity index (χ3n) is 3.01. The van der Waals surface area contributed by atoms with Gasteiger partial charge in [0.2, 0.25) is 0 Å². The summed E-state index contributed by atoms with van der Waals surface area (Å²) in [6.45, 7) is 1.86. The number of thiazole rings is 1. The zero-order chi connectivity index (χ0) is 16.3. The summed E-state index contributed by atoms with van der Waals surface area (Å²) in [7, 11) is 0. The van der Waals surface area contributed by atoms with Gasteiger partial charge in [-0.15, -0.1) is 11.3 Å². The minimum absolute atomic E-state index is 0.0417. The predicted octanol–water partition coefficient (Wildman–Crippen LogP) is 4.63. The Labute approximate surface area is 128 Å². The molecule has 0 fully saturated rings. The van der Waals surface area contributed by atoms with E-state index in [4.69, 9.17) is 0 Å². The highest BCUT2D eigenvalue weighted by Gasteiger charge is 2.33. The van der Waals surface area contributed by atoms with Crippen molar-refractivity contribution >= 4 is 22.7 Å². The summed E-state index contributed by atoms with van der Waals surface area (Å²) in [5.74, 6) is 0. The molecule has 22 heavy (non-hydrogen) atoms. The standard InChI is InChI=1S/C13H12F3N3O2S/c1-2-9(12-17-5-6-22-12)18-10-4-3-8(13(14,15)16)7-11(10)19(20)21/h3-7,9,18H,2H2,1H3. The first-order chi connectivity index (χ1) is 10.3. The molecular weight excluding hydrogens is 319 g/mol. The van der Waals surface area contributed by atoms with Crippen LogP contribution in [-0.4, -0.2) is 9.91 Å². The monoisotopic (exact) mass is 331 g/mol. The van der Waals surface area contributed by atoms with Crippen LogP contribution in [0.1, 0.15) is 30.0 Å². The Balaban J connectivity index is 2.36. The number of rotatable bonds is 5. The number of anilines is 1. The lowest BCUT2D eigenvalue weighted by atomic mass is 10.1. The molecule has 0 amide bonds. The van der Waals surface area contributed by atoms with E-state index < -0.39 is 22.4 Å². The topological polar surface area (TPSA) is 68.1 Å². The van der Waals surface area contributed by atoms with Gasteiger partial charge in [-0.3, -0.25) is 10.1 Å². The summed E-state index contributed by atoms with van der Waals surface area (Å²) in [6.07, 6.45) is -2.43. The van der Waals surface area contributed by atoms with E-state index in [9.17, 15) is 23.3 Å². The van der Waals surface area contributed by atoms with Gasteiger partial charge in [-0.2, -0.15) is 13.2 Å². The normalized spacial score (nSPS) is 12.9. The lowest BCUT2D eigenvalue weighted by molar-refractivity contribution is -0.384. The first-order valence-corrected chi connectivity index (χ1v) is 7.22. The van der Waals surface area contributed by atoms with E-state index >= 15 is 0 Å². The van der Waals surface area contributed by atoms with Crippen LogP contribution in [0.5, 0.6) is 0 Å². The molecule has 0 aliphatic heterocycles. The van der Waals surface area contributed by atoms with Crippen LogP contribution in [0.15, 0.2) is 29.8 Å². The maximum atomic E-state index is 12.7. The number of nitro groups is 1. The Morgan fingerprint density at radius 3 is 2.68 bits per heavy atom. The smallest absolute Gasteiger partial charge is 0.370 e. The maximum Gasteiger partial charge on any atom is 0.416 e. The van der Waals surface area contributed by atoms with Gasteiger partial charge in [0.05, 0.1) is 16.5 Å². The summed E-state index contributed by atoms with van der Waals surface area (Å²) in [5, 5.41) is 16.4. The van der Waals surface area contributed by atoms with E-state index in [1.807, 2.05) is 6.92 Å². The summed E-state index contributed by atoms with van der Waals surface area (Å²) < 4.78 is 38.0. The largest absolute Gasteiger partial charge is 0.416 e. The number of aromatic nitrogens is 1. The van der Waals surface area contributed by atoms with E-state index in [0.717, 1.165) is 17.1 Å². The average molecular weight is 331 g/mol. The average Bonchev–Trinajstić information content (AvgIpc) is 2.97. The van der Waals surface area contributed by atoms with Gasteiger partial charge in [0.15, 0.2) is 0 Å². The SMILES string of the molecule is CCC(Nc1ccc(C(F)(F)F)cc1[N+](=O)[O-])c1nccs1. The molecule has 0 spiro atoms. The molecule has 1 heterocycles. The molecule has 1 N–H and O–H groups in total. The molecular formula is C13H12F3N3O2S. The van der Waals surface area contributed by atoms with Crippen molar-refractivity contribution in [3.05, 3.63) is 50.5 Å². The van der Waals surface area contributed by atoms with Crippen LogP contribution in [-0.2, 0) is 6.18 Å². The van der Waals surface area contributed by atoms with Crippen molar-refractivity contribution < 1.29 is 18.1 Å². The van der Waals surface area contributed by atoms with E-state index in [1.165, 1.54) is 11.3 Å². The van der Waals surface area contributed by atoms with Gasteiger partial charge in [0.1, 0.15) is 10.7 Å². The highest BCUT2D eigenvalue weighted by molar-refractivity contribution is 7.09. The molecule has 2 aromatic rings. The number of benzene rings is 1. The summed E-state index contributed by atoms with van der Waals surface area (Å²) >= 11 is 1.37. The molecule has 0 bridgehead atoms. The first-order valence-electron chi connectivity index (χ1n) is 6.34. The van der Waals surface area contributed by atoms with E-state index in [-0.39, 0.29) is 11.7 Å². The van der Waals surface area contributed by atoms with Gasteiger partial charge in [-0.1, -0.05) is 6.92 Å². The third-order valence-corrected chi connectivity index (χ3v) is 3.90.